The highest BCUT2D eigenvalue weighted by Gasteiger charge is 2.23. The Morgan fingerprint density at radius 3 is 2.33 bits per heavy atom. The van der Waals surface area contributed by atoms with Crippen LogP contribution in [0.4, 0.5) is 5.82 Å². The van der Waals surface area contributed by atoms with Gasteiger partial charge in [-0.25, -0.2) is 9.78 Å². The number of aromatic carboxylic acids is 1. The molecule has 0 aromatic carbocycles. The van der Waals surface area contributed by atoms with E-state index in [9.17, 15) is 9.90 Å². The fourth-order valence-corrected chi connectivity index (χ4v) is 2.91. The summed E-state index contributed by atoms with van der Waals surface area (Å²) in [5.74, 6) is 1.67. The number of pyridine rings is 1. The van der Waals surface area contributed by atoms with Crippen molar-refractivity contribution in [3.8, 4) is 0 Å². The molecule has 1 fully saturated rings. The lowest BCUT2D eigenvalue weighted by Crippen LogP contribution is -2.36. The van der Waals surface area contributed by atoms with Crippen molar-refractivity contribution in [2.45, 2.75) is 46.5 Å². The van der Waals surface area contributed by atoms with Crippen LogP contribution in [-0.4, -0.2) is 29.1 Å². The van der Waals surface area contributed by atoms with Crippen molar-refractivity contribution in [2.75, 3.05) is 18.0 Å². The molecule has 0 amide bonds. The molecule has 1 aromatic heterocycles. The Morgan fingerprint density at radius 1 is 1.24 bits per heavy atom. The summed E-state index contributed by atoms with van der Waals surface area (Å²) in [5.41, 5.74) is 1.20. The van der Waals surface area contributed by atoms with Gasteiger partial charge in [0.05, 0.1) is 5.56 Å². The van der Waals surface area contributed by atoms with Gasteiger partial charge in [0.1, 0.15) is 5.82 Å². The molecule has 0 bridgehead atoms. The molecule has 1 aromatic rings. The van der Waals surface area contributed by atoms with Gasteiger partial charge in [-0.1, -0.05) is 27.7 Å². The van der Waals surface area contributed by atoms with Crippen LogP contribution in [0.25, 0.3) is 0 Å². The number of anilines is 1. The van der Waals surface area contributed by atoms with Gasteiger partial charge in [0.2, 0.25) is 0 Å². The predicted octanol–water partition coefficient (Wildman–Crippen LogP) is 3.78. The number of carboxylic acids is 1. The third-order valence-corrected chi connectivity index (χ3v) is 4.48. The highest BCUT2D eigenvalue weighted by molar-refractivity contribution is 5.88. The van der Waals surface area contributed by atoms with Crippen LogP contribution >= 0.6 is 0 Å². The first-order valence-corrected chi connectivity index (χ1v) is 7.88. The van der Waals surface area contributed by atoms with Crippen LogP contribution in [0.1, 0.15) is 62.5 Å². The molecule has 0 spiro atoms. The molecule has 0 radical (unpaired) electrons. The Balaban J connectivity index is 2.21. The van der Waals surface area contributed by atoms with E-state index < -0.39 is 5.97 Å². The van der Waals surface area contributed by atoms with Gasteiger partial charge in [0, 0.05) is 18.8 Å². The van der Waals surface area contributed by atoms with E-state index >= 15 is 0 Å². The molecule has 116 valence electrons. The second kappa shape index (κ2) is 6.46. The van der Waals surface area contributed by atoms with Gasteiger partial charge in [-0.05, 0) is 42.7 Å². The highest BCUT2D eigenvalue weighted by atomic mass is 16.4. The predicted molar refractivity (Wildman–Crippen MR) is 85.1 cm³/mol. The summed E-state index contributed by atoms with van der Waals surface area (Å²) in [4.78, 5) is 18.2. The standard InChI is InChI=1S/C17H26N2O2/c1-11(2)13-5-7-19(8-6-13)16-10-14(17(20)21)9-15(18-16)12(3)4/h9-13H,5-8H2,1-4H3,(H,20,21). The van der Waals surface area contributed by atoms with Crippen molar-refractivity contribution in [1.29, 1.82) is 0 Å². The Kier molecular flexibility index (Phi) is 4.86. The maximum absolute atomic E-state index is 11.3. The lowest BCUT2D eigenvalue weighted by molar-refractivity contribution is 0.0696. The van der Waals surface area contributed by atoms with E-state index in [1.54, 1.807) is 12.1 Å². The number of hydrogen-bond donors (Lipinski definition) is 1. The molecule has 1 N–H and O–H groups in total. The van der Waals surface area contributed by atoms with E-state index in [4.69, 9.17) is 0 Å². The molecule has 1 aliphatic heterocycles. The minimum absolute atomic E-state index is 0.233. The van der Waals surface area contributed by atoms with Crippen molar-refractivity contribution in [3.63, 3.8) is 0 Å². The minimum Gasteiger partial charge on any atom is -0.478 e. The lowest BCUT2D eigenvalue weighted by Gasteiger charge is -2.35. The van der Waals surface area contributed by atoms with Crippen LogP contribution in [-0.2, 0) is 0 Å². The second-order valence-corrected chi connectivity index (χ2v) is 6.67. The number of nitrogens with zero attached hydrogens (tertiary/aromatic N) is 2. The van der Waals surface area contributed by atoms with Crippen molar-refractivity contribution in [1.82, 2.24) is 4.98 Å². The normalized spacial score (nSPS) is 16.8. The van der Waals surface area contributed by atoms with Gasteiger partial charge in [-0.2, -0.15) is 0 Å². The second-order valence-electron chi connectivity index (χ2n) is 6.67. The Labute approximate surface area is 127 Å². The average Bonchev–Trinajstić information content (AvgIpc) is 2.46. The number of aromatic nitrogens is 1. The molecule has 21 heavy (non-hydrogen) atoms. The molecule has 2 rings (SSSR count). The Hall–Kier alpha value is -1.58. The maximum atomic E-state index is 11.3. The van der Waals surface area contributed by atoms with E-state index in [1.165, 1.54) is 0 Å². The molecule has 1 aliphatic rings. The van der Waals surface area contributed by atoms with E-state index in [2.05, 4.69) is 23.7 Å². The van der Waals surface area contributed by atoms with E-state index in [-0.39, 0.29) is 5.92 Å². The summed E-state index contributed by atoms with van der Waals surface area (Å²) in [6, 6.07) is 3.40. The fourth-order valence-electron chi connectivity index (χ4n) is 2.91. The quantitative estimate of drug-likeness (QED) is 0.917. The van der Waals surface area contributed by atoms with E-state index in [0.717, 1.165) is 49.3 Å². The monoisotopic (exact) mass is 290 g/mol. The third kappa shape index (κ3) is 3.74. The molecule has 2 heterocycles. The number of hydrogen-bond acceptors (Lipinski definition) is 3. The first-order chi connectivity index (χ1) is 9.88. The Morgan fingerprint density at radius 2 is 1.86 bits per heavy atom. The molecule has 1 saturated heterocycles. The molecule has 0 atom stereocenters. The zero-order chi connectivity index (χ0) is 15.6. The largest absolute Gasteiger partial charge is 0.478 e. The molecular formula is C17H26N2O2. The molecule has 4 nitrogen and oxygen atoms in total. The van der Waals surface area contributed by atoms with Crippen molar-refractivity contribution >= 4 is 11.8 Å². The molecule has 0 aliphatic carbocycles. The van der Waals surface area contributed by atoms with Gasteiger partial charge in [-0.3, -0.25) is 0 Å². The van der Waals surface area contributed by atoms with Crippen molar-refractivity contribution < 1.29 is 9.90 Å². The summed E-state index contributed by atoms with van der Waals surface area (Å²) in [5, 5.41) is 9.28. The molecule has 0 unspecified atom stereocenters. The first kappa shape index (κ1) is 15.8. The summed E-state index contributed by atoms with van der Waals surface area (Å²) in [6.07, 6.45) is 2.32. The van der Waals surface area contributed by atoms with Crippen molar-refractivity contribution in [3.05, 3.63) is 23.4 Å². The van der Waals surface area contributed by atoms with Crippen molar-refractivity contribution in [2.24, 2.45) is 11.8 Å². The first-order valence-electron chi connectivity index (χ1n) is 7.88. The van der Waals surface area contributed by atoms with Crippen LogP contribution in [0.2, 0.25) is 0 Å². The smallest absolute Gasteiger partial charge is 0.335 e. The van der Waals surface area contributed by atoms with Crippen LogP contribution in [0, 0.1) is 11.8 Å². The summed E-state index contributed by atoms with van der Waals surface area (Å²) < 4.78 is 0. The number of piperidine rings is 1. The molecule has 0 saturated carbocycles. The van der Waals surface area contributed by atoms with Gasteiger partial charge in [0.25, 0.3) is 0 Å². The average molecular weight is 290 g/mol. The zero-order valence-corrected chi connectivity index (χ0v) is 13.5. The number of rotatable bonds is 4. The summed E-state index contributed by atoms with van der Waals surface area (Å²) >= 11 is 0. The van der Waals surface area contributed by atoms with Gasteiger partial charge < -0.3 is 10.0 Å². The fraction of sp³-hybridized carbons (Fsp3) is 0.647. The molecular weight excluding hydrogens is 264 g/mol. The number of carboxylic acid groups (broad SMARTS) is 1. The molecule has 4 heteroatoms. The summed E-state index contributed by atoms with van der Waals surface area (Å²) in [6.45, 7) is 10.6. The van der Waals surface area contributed by atoms with E-state index in [1.807, 2.05) is 13.8 Å². The summed E-state index contributed by atoms with van der Waals surface area (Å²) in [7, 11) is 0. The van der Waals surface area contributed by atoms with Crippen LogP contribution < -0.4 is 4.90 Å². The topological polar surface area (TPSA) is 53.4 Å². The highest BCUT2D eigenvalue weighted by Crippen LogP contribution is 2.28. The van der Waals surface area contributed by atoms with Crippen LogP contribution in [0.3, 0.4) is 0 Å². The van der Waals surface area contributed by atoms with Crippen LogP contribution in [0.5, 0.6) is 0 Å². The van der Waals surface area contributed by atoms with Gasteiger partial charge in [-0.15, -0.1) is 0 Å². The van der Waals surface area contributed by atoms with Crippen LogP contribution in [0.15, 0.2) is 12.1 Å². The number of carbonyl (C=O) groups is 1. The van der Waals surface area contributed by atoms with E-state index in [0.29, 0.717) is 5.56 Å². The SMILES string of the molecule is CC(C)c1cc(C(=O)O)cc(N2CCC(C(C)C)CC2)n1. The Bertz CT molecular complexity index is 504. The lowest BCUT2D eigenvalue weighted by atomic mass is 9.87. The van der Waals surface area contributed by atoms with Gasteiger partial charge in [0.15, 0.2) is 0 Å². The zero-order valence-electron chi connectivity index (χ0n) is 13.5. The third-order valence-electron chi connectivity index (χ3n) is 4.48. The minimum atomic E-state index is -0.877. The van der Waals surface area contributed by atoms with Gasteiger partial charge >= 0.3 is 5.97 Å². The maximum Gasteiger partial charge on any atom is 0.335 e.